The van der Waals surface area contributed by atoms with Gasteiger partial charge in [-0.2, -0.15) is 0 Å². The van der Waals surface area contributed by atoms with Gasteiger partial charge in [-0.25, -0.2) is 14.4 Å². The number of hydrogen-bond donors (Lipinski definition) is 1. The average molecular weight is 396 g/mol. The fourth-order valence-corrected chi connectivity index (χ4v) is 4.03. The molecule has 3 aromatic heterocycles. The Labute approximate surface area is 164 Å². The van der Waals surface area contributed by atoms with Crippen molar-refractivity contribution in [1.29, 1.82) is 0 Å². The predicted molar refractivity (Wildman–Crippen MR) is 105 cm³/mol. The minimum absolute atomic E-state index is 0.269. The van der Waals surface area contributed by atoms with Crippen LogP contribution < -0.4 is 5.32 Å². The maximum Gasteiger partial charge on any atom is 0.258 e. The van der Waals surface area contributed by atoms with Gasteiger partial charge in [0.05, 0.1) is 22.3 Å². The molecular weight excluding hydrogens is 379 g/mol. The van der Waals surface area contributed by atoms with Crippen LogP contribution in [-0.2, 0) is 6.42 Å². The molecule has 0 aliphatic heterocycles. The van der Waals surface area contributed by atoms with Gasteiger partial charge in [0, 0.05) is 17.0 Å². The number of carbonyl (C=O) groups is 1. The van der Waals surface area contributed by atoms with Crippen molar-refractivity contribution in [3.05, 3.63) is 69.2 Å². The molecule has 4 aromatic rings. The minimum atomic E-state index is -0.298. The fourth-order valence-electron chi connectivity index (χ4n) is 3.04. The summed E-state index contributed by atoms with van der Waals surface area (Å²) in [7, 11) is 0. The lowest BCUT2D eigenvalue weighted by Gasteiger charge is -2.04. The number of aromatic nitrogens is 3. The first-order valence-electron chi connectivity index (χ1n) is 8.66. The van der Waals surface area contributed by atoms with Crippen LogP contribution in [0.1, 0.15) is 37.9 Å². The second kappa shape index (κ2) is 7.12. The average Bonchev–Trinajstić information content (AvgIpc) is 3.17. The van der Waals surface area contributed by atoms with Crippen molar-refractivity contribution in [3.63, 3.8) is 0 Å². The maximum absolute atomic E-state index is 13.4. The summed E-state index contributed by atoms with van der Waals surface area (Å²) in [6.45, 7) is 5.43. The summed E-state index contributed by atoms with van der Waals surface area (Å²) in [5.74, 6) is -0.567. The minimum Gasteiger partial charge on any atom is -0.336 e. The van der Waals surface area contributed by atoms with E-state index in [2.05, 4.69) is 20.4 Å². The van der Waals surface area contributed by atoms with Crippen LogP contribution in [0.2, 0.25) is 0 Å². The zero-order chi connectivity index (χ0) is 19.8. The highest BCUT2D eigenvalue weighted by Gasteiger charge is 2.19. The van der Waals surface area contributed by atoms with E-state index < -0.39 is 0 Å². The van der Waals surface area contributed by atoms with E-state index in [0.29, 0.717) is 39.6 Å². The highest BCUT2D eigenvalue weighted by molar-refractivity contribution is 7.15. The molecule has 4 rings (SSSR count). The Hall–Kier alpha value is -3.13. The molecular formula is C20H17FN4O2S. The van der Waals surface area contributed by atoms with E-state index in [4.69, 9.17) is 4.52 Å². The first-order valence-corrected chi connectivity index (χ1v) is 9.48. The molecule has 1 aromatic carbocycles. The lowest BCUT2D eigenvalue weighted by molar-refractivity contribution is 0.102. The van der Waals surface area contributed by atoms with Crippen LogP contribution in [-0.4, -0.2) is 21.0 Å². The smallest absolute Gasteiger partial charge is 0.258 e. The summed E-state index contributed by atoms with van der Waals surface area (Å²) in [6, 6.07) is 8.17. The van der Waals surface area contributed by atoms with Crippen molar-refractivity contribution in [2.24, 2.45) is 0 Å². The molecule has 8 heteroatoms. The van der Waals surface area contributed by atoms with Gasteiger partial charge in [-0.3, -0.25) is 10.1 Å². The molecule has 6 nitrogen and oxygen atoms in total. The molecule has 0 unspecified atom stereocenters. The number of benzene rings is 1. The largest absolute Gasteiger partial charge is 0.336 e. The number of pyridine rings is 1. The highest BCUT2D eigenvalue weighted by Crippen LogP contribution is 2.27. The van der Waals surface area contributed by atoms with Crippen molar-refractivity contribution in [2.45, 2.75) is 27.2 Å². The van der Waals surface area contributed by atoms with Gasteiger partial charge < -0.3 is 4.52 Å². The Bertz CT molecular complexity index is 1200. The molecule has 0 spiro atoms. The third kappa shape index (κ3) is 3.50. The summed E-state index contributed by atoms with van der Waals surface area (Å²) >= 11 is 1.38. The second-order valence-electron chi connectivity index (χ2n) is 6.55. The van der Waals surface area contributed by atoms with Crippen LogP contribution >= 0.6 is 11.3 Å². The van der Waals surface area contributed by atoms with E-state index in [1.54, 1.807) is 26.0 Å². The van der Waals surface area contributed by atoms with Gasteiger partial charge in [-0.1, -0.05) is 17.3 Å². The quantitative estimate of drug-likeness (QED) is 0.546. The van der Waals surface area contributed by atoms with Crippen molar-refractivity contribution in [1.82, 2.24) is 15.1 Å². The lowest BCUT2D eigenvalue weighted by atomic mass is 10.1. The van der Waals surface area contributed by atoms with Crippen LogP contribution in [0.4, 0.5) is 9.52 Å². The summed E-state index contributed by atoms with van der Waals surface area (Å²) < 4.78 is 18.6. The van der Waals surface area contributed by atoms with Crippen molar-refractivity contribution < 1.29 is 13.7 Å². The van der Waals surface area contributed by atoms with Gasteiger partial charge in [-0.15, -0.1) is 11.3 Å². The van der Waals surface area contributed by atoms with E-state index >= 15 is 0 Å². The van der Waals surface area contributed by atoms with Crippen LogP contribution in [0.15, 0.2) is 34.9 Å². The van der Waals surface area contributed by atoms with Crippen molar-refractivity contribution in [3.8, 4) is 0 Å². The zero-order valence-corrected chi connectivity index (χ0v) is 16.4. The van der Waals surface area contributed by atoms with Gasteiger partial charge >= 0.3 is 0 Å². The van der Waals surface area contributed by atoms with E-state index in [1.165, 1.54) is 23.5 Å². The van der Waals surface area contributed by atoms with Crippen LogP contribution in [0.25, 0.3) is 11.1 Å². The number of carbonyl (C=O) groups excluding carboxylic acids is 1. The number of rotatable bonds is 4. The fraction of sp³-hybridized carbons (Fsp3) is 0.200. The molecule has 142 valence electrons. The topological polar surface area (TPSA) is 80.9 Å². The zero-order valence-electron chi connectivity index (χ0n) is 15.5. The molecule has 0 radical (unpaired) electrons. The van der Waals surface area contributed by atoms with Crippen LogP contribution in [0.5, 0.6) is 0 Å². The normalized spacial score (nSPS) is 11.1. The predicted octanol–water partition coefficient (Wildman–Crippen LogP) is 4.59. The van der Waals surface area contributed by atoms with E-state index in [-0.39, 0.29) is 11.7 Å². The molecule has 28 heavy (non-hydrogen) atoms. The van der Waals surface area contributed by atoms with Crippen molar-refractivity contribution in [2.75, 3.05) is 5.32 Å². The maximum atomic E-state index is 13.4. The molecule has 0 aliphatic rings. The van der Waals surface area contributed by atoms with Crippen LogP contribution in [0, 0.1) is 26.6 Å². The molecule has 0 bridgehead atoms. The van der Waals surface area contributed by atoms with E-state index in [1.807, 2.05) is 13.0 Å². The number of anilines is 1. The third-order valence-electron chi connectivity index (χ3n) is 4.36. The number of hydrogen-bond acceptors (Lipinski definition) is 6. The molecule has 1 N–H and O–H groups in total. The monoisotopic (exact) mass is 396 g/mol. The molecule has 0 aliphatic carbocycles. The number of nitrogens with one attached hydrogen (secondary N) is 1. The standard InChI is InChI=1S/C20H17FN4O2S/c1-10-7-15(17-12(3)25-27-19(17)22-10)18(26)24-20-23-11(2)16(28-20)9-13-5-4-6-14(21)8-13/h4-8H,9H2,1-3H3,(H,23,24,26). The number of thiazole rings is 1. The first kappa shape index (κ1) is 18.2. The highest BCUT2D eigenvalue weighted by atomic mass is 32.1. The summed E-state index contributed by atoms with van der Waals surface area (Å²) in [5.41, 5.74) is 3.72. The number of amides is 1. The Balaban J connectivity index is 1.60. The SMILES string of the molecule is Cc1cc(C(=O)Nc2nc(C)c(Cc3cccc(F)c3)s2)c2c(C)noc2n1. The van der Waals surface area contributed by atoms with Crippen LogP contribution in [0.3, 0.4) is 0 Å². The molecule has 0 fully saturated rings. The molecule has 1 amide bonds. The lowest BCUT2D eigenvalue weighted by Crippen LogP contribution is -2.13. The van der Waals surface area contributed by atoms with Crippen molar-refractivity contribution >= 4 is 33.5 Å². The molecule has 0 atom stereocenters. The molecule has 3 heterocycles. The summed E-state index contributed by atoms with van der Waals surface area (Å²) in [5, 5.41) is 7.83. The number of nitrogens with zero attached hydrogens (tertiary/aromatic N) is 3. The van der Waals surface area contributed by atoms with E-state index in [9.17, 15) is 9.18 Å². The second-order valence-corrected chi connectivity index (χ2v) is 7.63. The first-order chi connectivity index (χ1) is 13.4. The third-order valence-corrected chi connectivity index (χ3v) is 5.43. The van der Waals surface area contributed by atoms with Gasteiger partial charge in [0.2, 0.25) is 0 Å². The summed E-state index contributed by atoms with van der Waals surface area (Å²) in [6.07, 6.45) is 0.556. The Kier molecular flexibility index (Phi) is 4.64. The van der Waals surface area contributed by atoms with E-state index in [0.717, 1.165) is 16.1 Å². The Morgan fingerprint density at radius 3 is 2.79 bits per heavy atom. The Morgan fingerprint density at radius 1 is 1.18 bits per heavy atom. The van der Waals surface area contributed by atoms with Gasteiger partial charge in [0.1, 0.15) is 5.82 Å². The summed E-state index contributed by atoms with van der Waals surface area (Å²) in [4.78, 5) is 22.5. The van der Waals surface area contributed by atoms with Gasteiger partial charge in [0.15, 0.2) is 5.13 Å². The van der Waals surface area contributed by atoms with Gasteiger partial charge in [0.25, 0.3) is 11.6 Å². The molecule has 0 saturated carbocycles. The number of halogens is 1. The Morgan fingerprint density at radius 2 is 2.00 bits per heavy atom. The molecule has 0 saturated heterocycles. The number of aryl methyl sites for hydroxylation is 3. The van der Waals surface area contributed by atoms with Gasteiger partial charge in [-0.05, 0) is 44.5 Å². The number of fused-ring (bicyclic) bond motifs is 1.